The smallest absolute Gasteiger partial charge is 0.218 e. The summed E-state index contributed by atoms with van der Waals surface area (Å²) in [5, 5.41) is 3.39. The first kappa shape index (κ1) is 24.9. The standard InChI is InChI=1S/C23H30N4O3S.HI/c1-2-24-23(27-12-11-19-7-5-6-10-22(19)27)25-17-20-8-3-4-9-21(20)18-31(28,29)26-13-15-30-16-14-26;/h3-10H,2,11-18H2,1H3,(H,24,25);1H. The van der Waals surface area contributed by atoms with Gasteiger partial charge in [0.2, 0.25) is 10.0 Å². The van der Waals surface area contributed by atoms with E-state index in [0.29, 0.717) is 32.8 Å². The molecule has 2 aromatic carbocycles. The van der Waals surface area contributed by atoms with Crippen LogP contribution in [0.1, 0.15) is 23.6 Å². The molecule has 0 spiro atoms. The summed E-state index contributed by atoms with van der Waals surface area (Å²) in [5.74, 6) is 0.820. The summed E-state index contributed by atoms with van der Waals surface area (Å²) < 4.78 is 32.6. The zero-order chi connectivity index (χ0) is 21.7. The molecule has 1 fully saturated rings. The Morgan fingerprint density at radius 2 is 1.72 bits per heavy atom. The number of fused-ring (bicyclic) bond motifs is 1. The maximum absolute atomic E-state index is 12.9. The van der Waals surface area contributed by atoms with E-state index in [4.69, 9.17) is 9.73 Å². The molecule has 0 unspecified atom stereocenters. The molecule has 2 aliphatic rings. The number of para-hydroxylation sites is 1. The van der Waals surface area contributed by atoms with Crippen LogP contribution in [0.25, 0.3) is 0 Å². The van der Waals surface area contributed by atoms with Gasteiger partial charge in [0.05, 0.1) is 25.5 Å². The highest BCUT2D eigenvalue weighted by Crippen LogP contribution is 2.27. The van der Waals surface area contributed by atoms with Gasteiger partial charge in [-0.15, -0.1) is 24.0 Å². The van der Waals surface area contributed by atoms with Gasteiger partial charge in [-0.3, -0.25) is 0 Å². The van der Waals surface area contributed by atoms with Gasteiger partial charge in [-0.1, -0.05) is 42.5 Å². The van der Waals surface area contributed by atoms with Gasteiger partial charge in [-0.05, 0) is 36.1 Å². The minimum atomic E-state index is -3.38. The van der Waals surface area contributed by atoms with Crippen LogP contribution in [-0.4, -0.2) is 58.1 Å². The van der Waals surface area contributed by atoms with Crippen molar-refractivity contribution >= 4 is 45.6 Å². The molecule has 0 atom stereocenters. The van der Waals surface area contributed by atoms with Crippen LogP contribution in [0.4, 0.5) is 5.69 Å². The number of guanidine groups is 1. The Balaban J connectivity index is 0.00000289. The largest absolute Gasteiger partial charge is 0.379 e. The van der Waals surface area contributed by atoms with Crippen LogP contribution in [0.15, 0.2) is 53.5 Å². The normalized spacial score (nSPS) is 17.0. The first-order valence-electron chi connectivity index (χ1n) is 10.8. The fourth-order valence-electron chi connectivity index (χ4n) is 4.08. The van der Waals surface area contributed by atoms with Gasteiger partial charge in [0.15, 0.2) is 5.96 Å². The van der Waals surface area contributed by atoms with E-state index in [1.165, 1.54) is 15.6 Å². The highest BCUT2D eigenvalue weighted by atomic mass is 127. The highest BCUT2D eigenvalue weighted by molar-refractivity contribution is 14.0. The van der Waals surface area contributed by atoms with Crippen LogP contribution in [-0.2, 0) is 33.5 Å². The van der Waals surface area contributed by atoms with Crippen LogP contribution in [0.3, 0.4) is 0 Å². The number of aliphatic imine (C=N–C) groups is 1. The zero-order valence-electron chi connectivity index (χ0n) is 18.4. The minimum Gasteiger partial charge on any atom is -0.379 e. The average Bonchev–Trinajstić information content (AvgIpc) is 3.22. The van der Waals surface area contributed by atoms with Gasteiger partial charge in [0.25, 0.3) is 0 Å². The molecule has 4 rings (SSSR count). The molecule has 2 aliphatic heterocycles. The van der Waals surface area contributed by atoms with E-state index < -0.39 is 10.0 Å². The zero-order valence-corrected chi connectivity index (χ0v) is 21.5. The Morgan fingerprint density at radius 1 is 1.03 bits per heavy atom. The van der Waals surface area contributed by atoms with Crippen LogP contribution in [0.2, 0.25) is 0 Å². The second-order valence-electron chi connectivity index (χ2n) is 7.74. The number of rotatable bonds is 6. The first-order chi connectivity index (χ1) is 15.1. The van der Waals surface area contributed by atoms with Crippen molar-refractivity contribution in [2.45, 2.75) is 25.6 Å². The van der Waals surface area contributed by atoms with Gasteiger partial charge in [0.1, 0.15) is 0 Å². The predicted molar refractivity (Wildman–Crippen MR) is 139 cm³/mol. The van der Waals surface area contributed by atoms with E-state index in [9.17, 15) is 8.42 Å². The van der Waals surface area contributed by atoms with Gasteiger partial charge in [-0.2, -0.15) is 4.31 Å². The molecule has 0 aromatic heterocycles. The first-order valence-corrected chi connectivity index (χ1v) is 12.5. The lowest BCUT2D eigenvalue weighted by Gasteiger charge is -2.26. The van der Waals surface area contributed by atoms with Gasteiger partial charge in [-0.25, -0.2) is 13.4 Å². The number of anilines is 1. The quantitative estimate of drug-likeness (QED) is 0.329. The molecule has 1 N–H and O–H groups in total. The maximum Gasteiger partial charge on any atom is 0.218 e. The van der Waals surface area contributed by atoms with E-state index in [1.807, 2.05) is 30.3 Å². The third-order valence-corrected chi connectivity index (χ3v) is 7.52. The van der Waals surface area contributed by atoms with Crippen molar-refractivity contribution in [1.29, 1.82) is 0 Å². The lowest BCUT2D eigenvalue weighted by Crippen LogP contribution is -2.41. The average molecular weight is 570 g/mol. The molecule has 9 heteroatoms. The molecular weight excluding hydrogens is 539 g/mol. The van der Waals surface area contributed by atoms with Gasteiger partial charge in [0, 0.05) is 31.9 Å². The third-order valence-electron chi connectivity index (χ3n) is 5.70. The Bertz CT molecular complexity index is 1040. The second-order valence-corrected chi connectivity index (χ2v) is 9.71. The summed E-state index contributed by atoms with van der Waals surface area (Å²) in [5.41, 5.74) is 4.24. The maximum atomic E-state index is 12.9. The summed E-state index contributed by atoms with van der Waals surface area (Å²) in [4.78, 5) is 7.09. The van der Waals surface area contributed by atoms with Crippen LogP contribution >= 0.6 is 24.0 Å². The number of benzene rings is 2. The summed E-state index contributed by atoms with van der Waals surface area (Å²) in [6.07, 6.45) is 0.995. The van der Waals surface area contributed by atoms with Crippen molar-refractivity contribution in [1.82, 2.24) is 9.62 Å². The molecule has 1 saturated heterocycles. The second kappa shape index (κ2) is 11.4. The van der Waals surface area contributed by atoms with Crippen molar-refractivity contribution in [3.05, 3.63) is 65.2 Å². The summed E-state index contributed by atoms with van der Waals surface area (Å²) in [7, 11) is -3.38. The number of nitrogens with one attached hydrogen (secondary N) is 1. The Hall–Kier alpha value is -1.69. The number of morpholine rings is 1. The Morgan fingerprint density at radius 3 is 2.47 bits per heavy atom. The topological polar surface area (TPSA) is 74.2 Å². The fourth-order valence-corrected chi connectivity index (χ4v) is 5.64. The Labute approximate surface area is 207 Å². The van der Waals surface area contributed by atoms with Crippen LogP contribution < -0.4 is 10.2 Å². The van der Waals surface area contributed by atoms with Crippen LogP contribution in [0, 0.1) is 0 Å². The summed E-state index contributed by atoms with van der Waals surface area (Å²) in [6.45, 7) is 5.88. The summed E-state index contributed by atoms with van der Waals surface area (Å²) in [6, 6.07) is 16.1. The molecule has 174 valence electrons. The van der Waals surface area contributed by atoms with E-state index in [-0.39, 0.29) is 29.7 Å². The van der Waals surface area contributed by atoms with Crippen LogP contribution in [0.5, 0.6) is 0 Å². The van der Waals surface area contributed by atoms with Gasteiger partial charge < -0.3 is 15.0 Å². The summed E-state index contributed by atoms with van der Waals surface area (Å²) >= 11 is 0. The molecule has 0 saturated carbocycles. The number of ether oxygens (including phenoxy) is 1. The predicted octanol–water partition coefficient (Wildman–Crippen LogP) is 2.99. The van der Waals surface area contributed by atoms with Crippen molar-refractivity contribution in [2.75, 3.05) is 44.3 Å². The number of nitrogens with zero attached hydrogens (tertiary/aromatic N) is 3. The fraction of sp³-hybridized carbons (Fsp3) is 0.435. The minimum absolute atomic E-state index is 0. The lowest BCUT2D eigenvalue weighted by atomic mass is 10.1. The van der Waals surface area contributed by atoms with Gasteiger partial charge >= 0.3 is 0 Å². The van der Waals surface area contributed by atoms with E-state index >= 15 is 0 Å². The molecule has 7 nitrogen and oxygen atoms in total. The molecule has 0 bridgehead atoms. The van der Waals surface area contributed by atoms with Crippen molar-refractivity contribution < 1.29 is 13.2 Å². The van der Waals surface area contributed by atoms with E-state index in [2.05, 4.69) is 35.3 Å². The Kier molecular flexibility index (Phi) is 8.92. The highest BCUT2D eigenvalue weighted by Gasteiger charge is 2.26. The number of hydrogen-bond donors (Lipinski definition) is 1. The lowest BCUT2D eigenvalue weighted by molar-refractivity contribution is 0.0729. The van der Waals surface area contributed by atoms with Crippen molar-refractivity contribution in [3.8, 4) is 0 Å². The van der Waals surface area contributed by atoms with Crippen molar-refractivity contribution in [2.24, 2.45) is 4.99 Å². The molecule has 2 heterocycles. The SMILES string of the molecule is CCNC(=NCc1ccccc1CS(=O)(=O)N1CCOCC1)N1CCc2ccccc21.I. The number of sulfonamides is 1. The molecule has 0 aliphatic carbocycles. The monoisotopic (exact) mass is 570 g/mol. The van der Waals surface area contributed by atoms with E-state index in [0.717, 1.165) is 36.6 Å². The molecule has 0 amide bonds. The third kappa shape index (κ3) is 5.81. The number of hydrogen-bond acceptors (Lipinski definition) is 4. The number of halogens is 1. The van der Waals surface area contributed by atoms with E-state index in [1.54, 1.807) is 0 Å². The molecule has 2 aromatic rings. The molecular formula is C23H31IN4O3S. The molecule has 0 radical (unpaired) electrons. The molecule has 32 heavy (non-hydrogen) atoms. The van der Waals surface area contributed by atoms with Crippen molar-refractivity contribution in [3.63, 3.8) is 0 Å².